The van der Waals surface area contributed by atoms with Crippen molar-refractivity contribution >= 4 is 5.91 Å². The number of allylic oxidation sites excluding steroid dienone is 21. The number of aliphatic hydroxyl groups excluding tert-OH is 11. The van der Waals surface area contributed by atoms with Crippen LogP contribution in [0.1, 0.15) is 271 Å². The summed E-state index contributed by atoms with van der Waals surface area (Å²) in [6.45, 7) is 1.59. The minimum absolute atomic E-state index is 0.186. The van der Waals surface area contributed by atoms with Gasteiger partial charge in [0.2, 0.25) is 5.91 Å². The molecule has 3 aliphatic heterocycles. The molecule has 0 bridgehead atoms. The van der Waals surface area contributed by atoms with Crippen molar-refractivity contribution in [1.29, 1.82) is 0 Å². The summed E-state index contributed by atoms with van der Waals surface area (Å²) in [5.41, 5.74) is 0. The van der Waals surface area contributed by atoms with Crippen molar-refractivity contribution in [3.63, 3.8) is 0 Å². The van der Waals surface area contributed by atoms with Crippen molar-refractivity contribution in [2.24, 2.45) is 0 Å². The summed E-state index contributed by atoms with van der Waals surface area (Å²) in [4.78, 5) is 13.5. The second-order valence-electron chi connectivity index (χ2n) is 28.5. The Labute approximate surface area is 632 Å². The summed E-state index contributed by atoms with van der Waals surface area (Å²) in [7, 11) is 0. The average molecular weight is 1480 g/mol. The SMILES string of the molecule is CC/C=C\C/C=C\C/C=C\C/C=C\C/C=C\C/C=C\C/C=C\C/C=C\C/C=C\CCCCCC(=O)NC(COC1OC(CO)C(OC2OC(CO)C(OC3OC(CO)C(O)C(O)C3O)C(O)C2O)C(O)C1O)C(O)/C=C/CC/C=C/CCCCCCCCCCCCCCCCCCCCCCCCC. The first-order valence-electron chi connectivity index (χ1n) is 40.9. The zero-order chi connectivity index (χ0) is 76.0. The number of rotatable bonds is 63. The first-order chi connectivity index (χ1) is 51.3. The van der Waals surface area contributed by atoms with Gasteiger partial charge in [0.15, 0.2) is 18.9 Å². The molecule has 0 spiro atoms. The number of aliphatic hydroxyl groups is 11. The monoisotopic (exact) mass is 1480 g/mol. The molecule has 1 amide bonds. The van der Waals surface area contributed by atoms with Crippen molar-refractivity contribution in [3.05, 3.63) is 134 Å². The van der Waals surface area contributed by atoms with Gasteiger partial charge in [-0.2, -0.15) is 0 Å². The van der Waals surface area contributed by atoms with E-state index in [2.05, 4.69) is 141 Å². The minimum atomic E-state index is -1.99. The van der Waals surface area contributed by atoms with Gasteiger partial charge in [0.25, 0.3) is 0 Å². The Hall–Kier alpha value is -4.07. The highest BCUT2D eigenvalue weighted by atomic mass is 16.8. The average Bonchev–Trinajstić information content (AvgIpc) is 0.781. The highest BCUT2D eigenvalue weighted by Gasteiger charge is 2.54. The van der Waals surface area contributed by atoms with Gasteiger partial charge < -0.3 is 89.9 Å². The van der Waals surface area contributed by atoms with E-state index in [9.17, 15) is 61.0 Å². The van der Waals surface area contributed by atoms with Crippen LogP contribution in [0.3, 0.4) is 0 Å². The van der Waals surface area contributed by atoms with Crippen LogP contribution in [0.15, 0.2) is 134 Å². The third kappa shape index (κ3) is 44.4. The topological polar surface area (TPSA) is 307 Å². The number of hydrogen-bond acceptors (Lipinski definition) is 18. The molecule has 3 fully saturated rings. The molecule has 3 heterocycles. The summed E-state index contributed by atoms with van der Waals surface area (Å²) >= 11 is 0. The van der Waals surface area contributed by atoms with E-state index in [1.807, 2.05) is 6.08 Å². The standard InChI is InChI=1S/C86H145NO18/c1-3-5-7-9-11-13-15-17-19-21-23-25-27-29-31-33-34-36-38-40-42-44-46-48-50-52-54-56-58-60-62-64-74(92)87-69(70(91)63-61-59-57-55-53-51-49-47-45-43-41-39-37-35-32-30-28-26-24-22-20-18-16-14-12-10-8-6-4-2)68-100-84-80(98)77(95)82(72(66-89)102-84)105-86-81(99)78(96)83(73(67-90)103-86)104-85-79(97)76(94)75(93)71(65-88)101-85/h5,7,11,13,17,19,23,25,29,31,34,36,40,42,46,48,52-55,61,63,69-73,75-86,88-91,93-99H,3-4,6,8-10,12,14-16,18,20-22,24,26-28,30,32-33,35,37-39,41,43-45,47,49-51,56-60,62,64-68H2,1-2H3,(H,87,92)/b7-5-,13-11-,19-17-,25-23-,31-29-,36-34-,42-40-,48-46-,54-52-,55-53+,63-61+. The lowest BCUT2D eigenvalue weighted by molar-refractivity contribution is -0.379. The lowest BCUT2D eigenvalue weighted by Gasteiger charge is -2.48. The van der Waals surface area contributed by atoms with E-state index in [0.29, 0.717) is 12.8 Å². The molecule has 3 aliphatic rings. The maximum Gasteiger partial charge on any atom is 0.220 e. The molecule has 0 aliphatic carbocycles. The van der Waals surface area contributed by atoms with Crippen molar-refractivity contribution in [3.8, 4) is 0 Å². The molecule has 105 heavy (non-hydrogen) atoms. The molecule has 0 aromatic rings. The molecule has 17 atom stereocenters. The molecule has 602 valence electrons. The van der Waals surface area contributed by atoms with Crippen LogP contribution < -0.4 is 5.32 Å². The van der Waals surface area contributed by atoms with Gasteiger partial charge in [-0.3, -0.25) is 4.79 Å². The van der Waals surface area contributed by atoms with E-state index >= 15 is 0 Å². The van der Waals surface area contributed by atoms with Crippen LogP contribution in [-0.4, -0.2) is 193 Å². The summed E-state index contributed by atoms with van der Waals surface area (Å²) in [6, 6.07) is -1.02. The van der Waals surface area contributed by atoms with E-state index in [0.717, 1.165) is 96.3 Å². The van der Waals surface area contributed by atoms with E-state index in [1.54, 1.807) is 6.08 Å². The first kappa shape index (κ1) is 95.1. The Morgan fingerprint density at radius 3 is 1.07 bits per heavy atom. The van der Waals surface area contributed by atoms with Gasteiger partial charge in [-0.1, -0.05) is 295 Å². The largest absolute Gasteiger partial charge is 0.394 e. The highest BCUT2D eigenvalue weighted by Crippen LogP contribution is 2.33. The smallest absolute Gasteiger partial charge is 0.220 e. The number of nitrogens with one attached hydrogen (secondary N) is 1. The molecule has 17 unspecified atom stereocenters. The van der Waals surface area contributed by atoms with Crippen LogP contribution in [0.2, 0.25) is 0 Å². The molecular formula is C86H145NO18. The van der Waals surface area contributed by atoms with Gasteiger partial charge in [0.1, 0.15) is 73.2 Å². The van der Waals surface area contributed by atoms with Gasteiger partial charge in [-0.25, -0.2) is 0 Å². The van der Waals surface area contributed by atoms with Crippen LogP contribution in [0.25, 0.3) is 0 Å². The fourth-order valence-electron chi connectivity index (χ4n) is 12.9. The van der Waals surface area contributed by atoms with Crippen molar-refractivity contribution in [2.45, 2.75) is 375 Å². The molecule has 3 saturated heterocycles. The molecule has 19 heteroatoms. The van der Waals surface area contributed by atoms with E-state index in [-0.39, 0.29) is 18.9 Å². The predicted octanol–water partition coefficient (Wildman–Crippen LogP) is 14.1. The normalized spacial score (nSPS) is 26.5. The zero-order valence-electron chi connectivity index (χ0n) is 64.4. The van der Waals surface area contributed by atoms with Crippen LogP contribution in [0, 0.1) is 0 Å². The summed E-state index contributed by atoms with van der Waals surface area (Å²) in [5.74, 6) is -0.321. The summed E-state index contributed by atoms with van der Waals surface area (Å²) in [5, 5.41) is 121. The Morgan fingerprint density at radius 1 is 0.352 bits per heavy atom. The van der Waals surface area contributed by atoms with Gasteiger partial charge in [-0.15, -0.1) is 0 Å². The maximum absolute atomic E-state index is 13.5. The lowest BCUT2D eigenvalue weighted by Crippen LogP contribution is -2.66. The second kappa shape index (κ2) is 64.7. The first-order valence-corrected chi connectivity index (χ1v) is 40.9. The lowest BCUT2D eigenvalue weighted by atomic mass is 9.96. The quantitative estimate of drug-likeness (QED) is 0.0199. The van der Waals surface area contributed by atoms with Gasteiger partial charge in [0, 0.05) is 6.42 Å². The fraction of sp³-hybridized carbons (Fsp3) is 0.733. The third-order valence-electron chi connectivity index (χ3n) is 19.4. The number of carbonyl (C=O) groups excluding carboxylic acids is 1. The predicted molar refractivity (Wildman–Crippen MR) is 419 cm³/mol. The van der Waals surface area contributed by atoms with Crippen LogP contribution >= 0.6 is 0 Å². The van der Waals surface area contributed by atoms with Crippen molar-refractivity contribution < 1.29 is 89.4 Å². The number of carbonyl (C=O) groups is 1. The number of hydrogen-bond donors (Lipinski definition) is 12. The minimum Gasteiger partial charge on any atom is -0.394 e. The van der Waals surface area contributed by atoms with E-state index < -0.39 is 124 Å². The second-order valence-corrected chi connectivity index (χ2v) is 28.5. The highest BCUT2D eigenvalue weighted by molar-refractivity contribution is 5.76. The van der Waals surface area contributed by atoms with Gasteiger partial charge in [0.05, 0.1) is 38.6 Å². The zero-order valence-corrected chi connectivity index (χ0v) is 64.4. The molecule has 12 N–H and O–H groups in total. The molecular weight excluding hydrogens is 1330 g/mol. The summed E-state index contributed by atoms with van der Waals surface area (Å²) in [6.07, 6.45) is 65.8. The Morgan fingerprint density at radius 2 is 0.667 bits per heavy atom. The van der Waals surface area contributed by atoms with Crippen molar-refractivity contribution in [2.75, 3.05) is 26.4 Å². The third-order valence-corrected chi connectivity index (χ3v) is 19.4. The number of unbranched alkanes of at least 4 members (excludes halogenated alkanes) is 27. The molecule has 19 nitrogen and oxygen atoms in total. The van der Waals surface area contributed by atoms with Crippen LogP contribution in [0.5, 0.6) is 0 Å². The van der Waals surface area contributed by atoms with E-state index in [4.69, 9.17) is 28.4 Å². The van der Waals surface area contributed by atoms with Crippen LogP contribution in [-0.2, 0) is 33.2 Å². The van der Waals surface area contributed by atoms with Crippen molar-refractivity contribution in [1.82, 2.24) is 5.32 Å². The summed E-state index contributed by atoms with van der Waals surface area (Å²) < 4.78 is 34.4. The molecule has 0 aromatic heterocycles. The Kier molecular flexibility index (Phi) is 58.6. The number of ether oxygens (including phenoxy) is 6. The van der Waals surface area contributed by atoms with E-state index in [1.165, 1.54) is 141 Å². The molecule has 0 radical (unpaired) electrons. The molecule has 0 aromatic carbocycles. The maximum atomic E-state index is 13.5. The van der Waals surface area contributed by atoms with Gasteiger partial charge >= 0.3 is 0 Å². The molecule has 0 saturated carbocycles. The Bertz CT molecular complexity index is 2420. The van der Waals surface area contributed by atoms with Gasteiger partial charge in [-0.05, 0) is 103 Å². The number of amides is 1. The fourth-order valence-corrected chi connectivity index (χ4v) is 12.9. The van der Waals surface area contributed by atoms with Crippen LogP contribution in [0.4, 0.5) is 0 Å². The molecule has 3 rings (SSSR count). The Balaban J connectivity index is 1.41.